The highest BCUT2D eigenvalue weighted by atomic mass is 19.3. The van der Waals surface area contributed by atoms with E-state index in [0.717, 1.165) is 22.3 Å². The number of hydrogen-bond acceptors (Lipinski definition) is 3. The number of ether oxygens (including phenoxy) is 1. The normalized spacial score (nSPS) is 20.7. The number of carboxylic acid groups (broad SMARTS) is 1. The first-order chi connectivity index (χ1) is 14.0. The number of alkyl halides is 2. The van der Waals surface area contributed by atoms with Crippen molar-refractivity contribution in [2.45, 2.75) is 31.2 Å². The standard InChI is InChI=1S/C22H21F2NO4/c23-20(24)17-9-12(17)10-19(21(26)27)25-22(28)29-11-18-15-7-3-1-5-13(15)14-6-2-4-8-16(14)18/h1-8,12,17-20H,9-11H2,(H,25,28)(H,26,27). The van der Waals surface area contributed by atoms with Crippen molar-refractivity contribution >= 4 is 12.1 Å². The molecule has 2 aromatic carbocycles. The molecule has 1 amide bonds. The van der Waals surface area contributed by atoms with Gasteiger partial charge in [-0.2, -0.15) is 0 Å². The molecule has 0 bridgehead atoms. The number of aliphatic carboxylic acids is 1. The average Bonchev–Trinajstić information content (AvgIpc) is 3.41. The van der Waals surface area contributed by atoms with Crippen LogP contribution in [-0.4, -0.2) is 36.2 Å². The van der Waals surface area contributed by atoms with E-state index in [9.17, 15) is 23.5 Å². The summed E-state index contributed by atoms with van der Waals surface area (Å²) in [5, 5.41) is 11.6. The summed E-state index contributed by atoms with van der Waals surface area (Å²) >= 11 is 0. The maximum atomic E-state index is 12.7. The van der Waals surface area contributed by atoms with E-state index in [2.05, 4.69) is 5.32 Å². The Kier molecular flexibility index (Phi) is 5.22. The van der Waals surface area contributed by atoms with E-state index < -0.39 is 30.4 Å². The number of nitrogens with one attached hydrogen (secondary N) is 1. The third kappa shape index (κ3) is 3.95. The van der Waals surface area contributed by atoms with Crippen LogP contribution >= 0.6 is 0 Å². The van der Waals surface area contributed by atoms with Gasteiger partial charge in [0.05, 0.1) is 0 Å². The number of hydrogen-bond donors (Lipinski definition) is 2. The molecule has 3 atom stereocenters. The van der Waals surface area contributed by atoms with Gasteiger partial charge in [0.25, 0.3) is 0 Å². The van der Waals surface area contributed by atoms with Gasteiger partial charge in [-0.15, -0.1) is 0 Å². The van der Waals surface area contributed by atoms with Gasteiger partial charge in [-0.1, -0.05) is 48.5 Å². The van der Waals surface area contributed by atoms with Gasteiger partial charge in [0.1, 0.15) is 12.6 Å². The molecule has 7 heteroatoms. The summed E-state index contributed by atoms with van der Waals surface area (Å²) in [4.78, 5) is 23.6. The third-order valence-electron chi connectivity index (χ3n) is 5.77. The molecular formula is C22H21F2NO4. The topological polar surface area (TPSA) is 75.6 Å². The van der Waals surface area contributed by atoms with Crippen LogP contribution in [0.15, 0.2) is 48.5 Å². The fourth-order valence-electron chi connectivity index (χ4n) is 4.16. The Morgan fingerprint density at radius 1 is 1.07 bits per heavy atom. The Morgan fingerprint density at radius 3 is 2.17 bits per heavy atom. The van der Waals surface area contributed by atoms with Gasteiger partial charge >= 0.3 is 12.1 Å². The summed E-state index contributed by atoms with van der Waals surface area (Å²) in [6.45, 7) is 0.0648. The number of benzene rings is 2. The Balaban J connectivity index is 1.39. The van der Waals surface area contributed by atoms with E-state index in [0.29, 0.717) is 0 Å². The maximum Gasteiger partial charge on any atom is 0.407 e. The SMILES string of the molecule is O=C(NC(CC1CC1C(F)F)C(=O)O)OCC1c2ccccc2-c2ccccc21. The Labute approximate surface area is 166 Å². The van der Waals surface area contributed by atoms with Crippen molar-refractivity contribution in [2.24, 2.45) is 11.8 Å². The van der Waals surface area contributed by atoms with Gasteiger partial charge in [-0.05, 0) is 41.0 Å². The van der Waals surface area contributed by atoms with Crippen LogP contribution in [0.1, 0.15) is 29.9 Å². The summed E-state index contributed by atoms with van der Waals surface area (Å²) in [5.41, 5.74) is 4.28. The van der Waals surface area contributed by atoms with E-state index in [1.54, 1.807) is 0 Å². The second-order valence-electron chi connectivity index (χ2n) is 7.59. The Morgan fingerprint density at radius 2 is 1.66 bits per heavy atom. The van der Waals surface area contributed by atoms with Crippen LogP contribution in [0.2, 0.25) is 0 Å². The number of carbonyl (C=O) groups excluding carboxylic acids is 1. The molecule has 0 aliphatic heterocycles. The first-order valence-corrected chi connectivity index (χ1v) is 9.58. The van der Waals surface area contributed by atoms with Crippen molar-refractivity contribution in [3.8, 4) is 11.1 Å². The summed E-state index contributed by atoms with van der Waals surface area (Å²) in [6.07, 6.45) is -3.04. The van der Waals surface area contributed by atoms with Crippen molar-refractivity contribution in [1.29, 1.82) is 0 Å². The Bertz CT molecular complexity index is 887. The van der Waals surface area contributed by atoms with E-state index in [-0.39, 0.29) is 31.3 Å². The van der Waals surface area contributed by atoms with Crippen LogP contribution in [0, 0.1) is 11.8 Å². The van der Waals surface area contributed by atoms with Crippen molar-refractivity contribution in [3.63, 3.8) is 0 Å². The summed E-state index contributed by atoms with van der Waals surface area (Å²) in [5.74, 6) is -2.55. The molecule has 4 rings (SSSR count). The number of halogens is 2. The highest BCUT2D eigenvalue weighted by Crippen LogP contribution is 2.46. The van der Waals surface area contributed by atoms with Crippen molar-refractivity contribution in [1.82, 2.24) is 5.32 Å². The lowest BCUT2D eigenvalue weighted by atomic mass is 9.98. The number of amides is 1. The maximum absolute atomic E-state index is 12.7. The Hall–Kier alpha value is -2.96. The lowest BCUT2D eigenvalue weighted by Gasteiger charge is -2.17. The lowest BCUT2D eigenvalue weighted by Crippen LogP contribution is -2.42. The van der Waals surface area contributed by atoms with Gasteiger partial charge in [-0.3, -0.25) is 0 Å². The van der Waals surface area contributed by atoms with E-state index in [1.165, 1.54) is 0 Å². The molecule has 0 spiro atoms. The van der Waals surface area contributed by atoms with E-state index >= 15 is 0 Å². The summed E-state index contributed by atoms with van der Waals surface area (Å²) in [6, 6.07) is 14.5. The molecule has 1 fully saturated rings. The van der Waals surface area contributed by atoms with Crippen LogP contribution in [0.3, 0.4) is 0 Å². The minimum atomic E-state index is -2.45. The van der Waals surface area contributed by atoms with Crippen LogP contribution in [0.5, 0.6) is 0 Å². The number of alkyl carbamates (subject to hydrolysis) is 1. The zero-order valence-electron chi connectivity index (χ0n) is 15.6. The second-order valence-corrected chi connectivity index (χ2v) is 7.59. The van der Waals surface area contributed by atoms with Gasteiger partial charge in [0, 0.05) is 11.8 Å². The monoisotopic (exact) mass is 401 g/mol. The molecule has 0 heterocycles. The molecule has 2 aromatic rings. The first kappa shape index (κ1) is 19.4. The molecular weight excluding hydrogens is 380 g/mol. The lowest BCUT2D eigenvalue weighted by molar-refractivity contribution is -0.139. The van der Waals surface area contributed by atoms with Crippen LogP contribution in [0.4, 0.5) is 13.6 Å². The fourth-order valence-corrected chi connectivity index (χ4v) is 4.16. The molecule has 2 aliphatic carbocycles. The number of carbonyl (C=O) groups is 2. The minimum absolute atomic E-state index is 0.0193. The molecule has 1 saturated carbocycles. The third-order valence-corrected chi connectivity index (χ3v) is 5.77. The molecule has 0 aromatic heterocycles. The van der Waals surface area contributed by atoms with Gasteiger partial charge in [-0.25, -0.2) is 18.4 Å². The molecule has 29 heavy (non-hydrogen) atoms. The van der Waals surface area contributed by atoms with Gasteiger partial charge < -0.3 is 15.2 Å². The average molecular weight is 401 g/mol. The highest BCUT2D eigenvalue weighted by Gasteiger charge is 2.46. The van der Waals surface area contributed by atoms with Crippen LogP contribution in [0.25, 0.3) is 11.1 Å². The highest BCUT2D eigenvalue weighted by molar-refractivity contribution is 5.81. The molecule has 152 valence electrons. The quantitative estimate of drug-likeness (QED) is 0.727. The molecule has 2 aliphatic rings. The van der Waals surface area contributed by atoms with Crippen LogP contribution < -0.4 is 5.32 Å². The smallest absolute Gasteiger partial charge is 0.407 e. The van der Waals surface area contributed by atoms with Gasteiger partial charge in [0.15, 0.2) is 0 Å². The molecule has 0 saturated heterocycles. The molecule has 5 nitrogen and oxygen atoms in total. The minimum Gasteiger partial charge on any atom is -0.480 e. The van der Waals surface area contributed by atoms with Crippen molar-refractivity contribution < 1.29 is 28.2 Å². The molecule has 0 radical (unpaired) electrons. The van der Waals surface area contributed by atoms with Crippen molar-refractivity contribution in [3.05, 3.63) is 59.7 Å². The van der Waals surface area contributed by atoms with Crippen LogP contribution in [-0.2, 0) is 9.53 Å². The predicted octanol–water partition coefficient (Wildman–Crippen LogP) is 4.27. The first-order valence-electron chi connectivity index (χ1n) is 9.58. The largest absolute Gasteiger partial charge is 0.480 e. The number of fused-ring (bicyclic) bond motifs is 3. The summed E-state index contributed by atoms with van der Waals surface area (Å²) < 4.78 is 30.7. The molecule has 2 N–H and O–H groups in total. The molecule has 3 unspecified atom stereocenters. The predicted molar refractivity (Wildman–Crippen MR) is 102 cm³/mol. The van der Waals surface area contributed by atoms with E-state index in [4.69, 9.17) is 4.74 Å². The second kappa shape index (κ2) is 7.81. The zero-order valence-corrected chi connectivity index (χ0v) is 15.6. The van der Waals surface area contributed by atoms with E-state index in [1.807, 2.05) is 48.5 Å². The van der Waals surface area contributed by atoms with Crippen molar-refractivity contribution in [2.75, 3.05) is 6.61 Å². The van der Waals surface area contributed by atoms with Gasteiger partial charge in [0.2, 0.25) is 6.43 Å². The summed E-state index contributed by atoms with van der Waals surface area (Å²) in [7, 11) is 0. The number of rotatable bonds is 7. The fraction of sp³-hybridized carbons (Fsp3) is 0.364. The zero-order chi connectivity index (χ0) is 20.5. The number of carboxylic acids is 1.